The molecule has 5 heteroatoms. The van der Waals surface area contributed by atoms with Gasteiger partial charge in [-0.15, -0.1) is 0 Å². The molecule has 0 amide bonds. The van der Waals surface area contributed by atoms with Crippen LogP contribution in [-0.4, -0.2) is 10.3 Å². The summed E-state index contributed by atoms with van der Waals surface area (Å²) in [5, 5.41) is 2.60. The largest absolute Gasteiger partial charge is 0.323 e. The Bertz CT molecular complexity index is 859. The topological polar surface area (TPSA) is 8.81 Å². The van der Waals surface area contributed by atoms with E-state index < -0.39 is 0 Å². The lowest BCUT2D eigenvalue weighted by molar-refractivity contribution is -0.724. The molecule has 0 aliphatic carbocycles. The molecule has 4 rings (SSSR count). The summed E-state index contributed by atoms with van der Waals surface area (Å²) in [7, 11) is 0. The Labute approximate surface area is 149 Å². The summed E-state index contributed by atoms with van der Waals surface area (Å²) in [6.45, 7) is 1.01. The number of hydrogen-bond acceptors (Lipinski definition) is 1. The molecule has 1 aliphatic heterocycles. The van der Waals surface area contributed by atoms with Crippen molar-refractivity contribution in [2.24, 2.45) is 0 Å². The summed E-state index contributed by atoms with van der Waals surface area (Å²) in [6, 6.07) is 16.1. The lowest BCUT2D eigenvalue weighted by atomic mass is 10.1. The van der Waals surface area contributed by atoms with Gasteiger partial charge in [0.05, 0.1) is 11.6 Å². The van der Waals surface area contributed by atoms with Gasteiger partial charge in [0.2, 0.25) is 0 Å². The molecular weight excluding hydrogens is 347 g/mol. The highest BCUT2D eigenvalue weighted by molar-refractivity contribution is 7.99. The number of hydrogen-bond donors (Lipinski definition) is 0. The highest BCUT2D eigenvalue weighted by atomic mass is 35.5. The maximum atomic E-state index is 6.45. The standard InChI is InChI=1S/C18H15Cl2N2S/c19-13-7-8-15(16(20)11-13)17-12-22(14-5-2-1-3-6-14)18-21(17)9-4-10-23-18/h1-3,5-8,11-12H,4,9-10H2/q+1. The van der Waals surface area contributed by atoms with Gasteiger partial charge < -0.3 is 0 Å². The fraction of sp³-hybridized carbons (Fsp3) is 0.167. The predicted molar refractivity (Wildman–Crippen MR) is 96.8 cm³/mol. The van der Waals surface area contributed by atoms with Crippen LogP contribution in [0, 0.1) is 0 Å². The van der Waals surface area contributed by atoms with Gasteiger partial charge in [0.25, 0.3) is 0 Å². The average Bonchev–Trinajstić information content (AvgIpc) is 2.95. The number of thioether (sulfide) groups is 1. The van der Waals surface area contributed by atoms with Crippen molar-refractivity contribution in [2.75, 3.05) is 5.75 Å². The summed E-state index contributed by atoms with van der Waals surface area (Å²) in [5.74, 6) is 1.14. The van der Waals surface area contributed by atoms with Gasteiger partial charge in [0.15, 0.2) is 5.69 Å². The van der Waals surface area contributed by atoms with Gasteiger partial charge >= 0.3 is 5.16 Å². The zero-order valence-corrected chi connectivity index (χ0v) is 14.7. The Hall–Kier alpha value is -1.42. The second-order valence-electron chi connectivity index (χ2n) is 5.48. The van der Waals surface area contributed by atoms with E-state index in [9.17, 15) is 0 Å². The molecule has 2 nitrogen and oxygen atoms in total. The van der Waals surface area contributed by atoms with Crippen LogP contribution in [-0.2, 0) is 6.54 Å². The minimum absolute atomic E-state index is 0.662. The molecule has 23 heavy (non-hydrogen) atoms. The van der Waals surface area contributed by atoms with Crippen molar-refractivity contribution >= 4 is 35.0 Å². The van der Waals surface area contributed by atoms with Crippen LogP contribution in [0.15, 0.2) is 59.9 Å². The van der Waals surface area contributed by atoms with Gasteiger partial charge in [0, 0.05) is 16.3 Å². The SMILES string of the molecule is Clc1ccc(-c2cn(-c3ccccc3)c3[n+]2CCCS3)c(Cl)c1. The average molecular weight is 362 g/mol. The lowest BCUT2D eigenvalue weighted by Gasteiger charge is -2.11. The van der Waals surface area contributed by atoms with Crippen LogP contribution in [0.4, 0.5) is 0 Å². The van der Waals surface area contributed by atoms with E-state index in [0.717, 1.165) is 23.6 Å². The van der Waals surface area contributed by atoms with E-state index in [1.165, 1.54) is 17.3 Å². The van der Waals surface area contributed by atoms with Crippen molar-refractivity contribution in [2.45, 2.75) is 18.1 Å². The summed E-state index contributed by atoms with van der Waals surface area (Å²) < 4.78 is 4.61. The fourth-order valence-corrected chi connectivity index (χ4v) is 4.52. The number of imidazole rings is 1. The van der Waals surface area contributed by atoms with Crippen LogP contribution in [0.5, 0.6) is 0 Å². The number of fused-ring (bicyclic) bond motifs is 1. The van der Waals surface area contributed by atoms with Crippen LogP contribution in [0.3, 0.4) is 0 Å². The lowest BCUT2D eigenvalue weighted by Crippen LogP contribution is -2.40. The Morgan fingerprint density at radius 2 is 1.87 bits per heavy atom. The number of nitrogens with zero attached hydrogens (tertiary/aromatic N) is 2. The highest BCUT2D eigenvalue weighted by Gasteiger charge is 2.29. The Morgan fingerprint density at radius 1 is 1.04 bits per heavy atom. The first-order valence-corrected chi connectivity index (χ1v) is 9.27. The van der Waals surface area contributed by atoms with E-state index in [-0.39, 0.29) is 0 Å². The minimum atomic E-state index is 0.662. The first-order valence-electron chi connectivity index (χ1n) is 7.53. The van der Waals surface area contributed by atoms with E-state index in [4.69, 9.17) is 23.2 Å². The van der Waals surface area contributed by atoms with Crippen molar-refractivity contribution in [3.05, 3.63) is 64.8 Å². The number of para-hydroxylation sites is 1. The van der Waals surface area contributed by atoms with Crippen LogP contribution >= 0.6 is 35.0 Å². The summed E-state index contributed by atoms with van der Waals surface area (Å²) >= 11 is 14.4. The van der Waals surface area contributed by atoms with Crippen molar-refractivity contribution in [3.8, 4) is 16.9 Å². The van der Waals surface area contributed by atoms with Crippen LogP contribution < -0.4 is 4.57 Å². The van der Waals surface area contributed by atoms with Crippen molar-refractivity contribution in [1.82, 2.24) is 4.57 Å². The molecule has 0 spiro atoms. The maximum Gasteiger partial charge on any atom is 0.323 e. The third-order valence-electron chi connectivity index (χ3n) is 3.98. The summed E-state index contributed by atoms with van der Waals surface area (Å²) in [6.07, 6.45) is 3.34. The summed E-state index contributed by atoms with van der Waals surface area (Å²) in [4.78, 5) is 0. The molecule has 0 bridgehead atoms. The molecule has 1 aliphatic rings. The molecule has 0 unspecified atom stereocenters. The third kappa shape index (κ3) is 2.78. The van der Waals surface area contributed by atoms with Crippen LogP contribution in [0.25, 0.3) is 16.9 Å². The molecule has 3 aromatic rings. The first kappa shape index (κ1) is 15.1. The minimum Gasteiger partial charge on any atom is -0.217 e. The van der Waals surface area contributed by atoms with Crippen molar-refractivity contribution in [1.29, 1.82) is 0 Å². The molecule has 116 valence electrons. The smallest absolute Gasteiger partial charge is 0.217 e. The van der Waals surface area contributed by atoms with Gasteiger partial charge in [-0.1, -0.05) is 41.4 Å². The Balaban J connectivity index is 1.93. The van der Waals surface area contributed by atoms with E-state index in [1.54, 1.807) is 6.07 Å². The van der Waals surface area contributed by atoms with E-state index in [2.05, 4.69) is 39.6 Å². The van der Waals surface area contributed by atoms with Gasteiger partial charge in [-0.2, -0.15) is 4.57 Å². The summed E-state index contributed by atoms with van der Waals surface area (Å²) in [5.41, 5.74) is 3.33. The molecule has 0 atom stereocenters. The molecule has 2 aromatic carbocycles. The van der Waals surface area contributed by atoms with Gasteiger partial charge in [0.1, 0.15) is 11.9 Å². The molecule has 1 aromatic heterocycles. The van der Waals surface area contributed by atoms with E-state index >= 15 is 0 Å². The number of aromatic nitrogens is 2. The van der Waals surface area contributed by atoms with Gasteiger partial charge in [-0.05, 0) is 48.5 Å². The van der Waals surface area contributed by atoms with Crippen LogP contribution in [0.1, 0.15) is 6.42 Å². The first-order chi connectivity index (χ1) is 11.2. The Morgan fingerprint density at radius 3 is 2.65 bits per heavy atom. The zero-order chi connectivity index (χ0) is 15.8. The van der Waals surface area contributed by atoms with Gasteiger partial charge in [-0.25, -0.2) is 4.57 Å². The number of rotatable bonds is 2. The van der Waals surface area contributed by atoms with Gasteiger partial charge in [-0.3, -0.25) is 0 Å². The zero-order valence-electron chi connectivity index (χ0n) is 12.4. The molecule has 0 radical (unpaired) electrons. The molecule has 0 N–H and O–H groups in total. The number of benzene rings is 2. The monoisotopic (exact) mass is 361 g/mol. The number of halogens is 2. The fourth-order valence-electron chi connectivity index (χ4n) is 2.92. The molecular formula is C18H15Cl2N2S+. The highest BCUT2D eigenvalue weighted by Crippen LogP contribution is 2.33. The Kier molecular flexibility index (Phi) is 4.10. The van der Waals surface area contributed by atoms with Crippen LogP contribution in [0.2, 0.25) is 10.0 Å². The predicted octanol–water partition coefficient (Wildman–Crippen LogP) is 5.23. The molecule has 0 fully saturated rings. The van der Waals surface area contributed by atoms with Crippen molar-refractivity contribution < 1.29 is 4.57 Å². The maximum absolute atomic E-state index is 6.45. The van der Waals surface area contributed by atoms with E-state index in [0.29, 0.717) is 10.0 Å². The second-order valence-corrected chi connectivity index (χ2v) is 7.39. The molecule has 2 heterocycles. The second kappa shape index (κ2) is 6.23. The van der Waals surface area contributed by atoms with Crippen molar-refractivity contribution in [3.63, 3.8) is 0 Å². The molecule has 0 saturated carbocycles. The van der Waals surface area contributed by atoms with E-state index in [1.807, 2.05) is 30.0 Å². The third-order valence-corrected chi connectivity index (χ3v) is 5.69. The normalized spacial score (nSPS) is 13.8. The quantitative estimate of drug-likeness (QED) is 0.567. The molecule has 0 saturated heterocycles.